The fourth-order valence-corrected chi connectivity index (χ4v) is 3.25. The summed E-state index contributed by atoms with van der Waals surface area (Å²) in [4.78, 5) is 28.5. The molecule has 0 saturated carbocycles. The number of amides is 1. The maximum atomic E-state index is 12.8. The smallest absolute Gasteiger partial charge is 0.408 e. The Labute approximate surface area is 144 Å². The van der Waals surface area contributed by atoms with Crippen molar-refractivity contribution < 1.29 is 9.21 Å². The van der Waals surface area contributed by atoms with Gasteiger partial charge in [-0.2, -0.15) is 0 Å². The zero-order valence-corrected chi connectivity index (χ0v) is 14.0. The minimum absolute atomic E-state index is 0.0109. The van der Waals surface area contributed by atoms with E-state index < -0.39 is 5.76 Å². The van der Waals surface area contributed by atoms with Gasteiger partial charge in [0.1, 0.15) is 0 Å². The van der Waals surface area contributed by atoms with Gasteiger partial charge in [-0.25, -0.2) is 4.79 Å². The Balaban J connectivity index is 1.50. The van der Waals surface area contributed by atoms with E-state index in [0.29, 0.717) is 29.8 Å². The molecule has 0 spiro atoms. The largest absolute Gasteiger partial charge is 0.419 e. The zero-order valence-electron chi connectivity index (χ0n) is 14.0. The number of hydrogen-bond acceptors (Lipinski definition) is 4. The molecule has 1 aliphatic heterocycles. The normalized spacial score (nSPS) is 14.9. The molecule has 6 heteroatoms. The highest BCUT2D eigenvalue weighted by atomic mass is 16.4. The molecule has 1 fully saturated rings. The lowest BCUT2D eigenvalue weighted by Gasteiger charge is -2.36. The number of aromatic nitrogens is 1. The summed E-state index contributed by atoms with van der Waals surface area (Å²) in [5, 5.41) is 0. The third kappa shape index (κ3) is 2.80. The predicted octanol–water partition coefficient (Wildman–Crippen LogP) is 2.09. The molecule has 0 aliphatic carbocycles. The molecule has 4 rings (SSSR count). The molecule has 0 atom stereocenters. The van der Waals surface area contributed by atoms with Gasteiger partial charge in [0.2, 0.25) is 0 Å². The van der Waals surface area contributed by atoms with E-state index in [1.807, 2.05) is 23.1 Å². The van der Waals surface area contributed by atoms with Gasteiger partial charge >= 0.3 is 5.76 Å². The van der Waals surface area contributed by atoms with E-state index in [1.165, 1.54) is 10.3 Å². The minimum atomic E-state index is -0.420. The first-order valence-corrected chi connectivity index (χ1v) is 8.32. The van der Waals surface area contributed by atoms with Crippen LogP contribution in [0.3, 0.4) is 0 Å². The summed E-state index contributed by atoms with van der Waals surface area (Å²) in [6.07, 6.45) is 0. The maximum absolute atomic E-state index is 12.8. The van der Waals surface area contributed by atoms with Crippen molar-refractivity contribution in [3.63, 3.8) is 0 Å². The fraction of sp³-hybridized carbons (Fsp3) is 0.263. The van der Waals surface area contributed by atoms with E-state index in [2.05, 4.69) is 17.0 Å². The topological polar surface area (TPSA) is 58.7 Å². The number of piperazine rings is 1. The van der Waals surface area contributed by atoms with Crippen LogP contribution in [0, 0.1) is 0 Å². The molecule has 0 bridgehead atoms. The molecule has 25 heavy (non-hydrogen) atoms. The van der Waals surface area contributed by atoms with Gasteiger partial charge in [0.15, 0.2) is 5.58 Å². The van der Waals surface area contributed by atoms with E-state index in [9.17, 15) is 9.59 Å². The summed E-state index contributed by atoms with van der Waals surface area (Å²) in [6.45, 7) is 2.97. The third-order valence-electron chi connectivity index (χ3n) is 4.73. The molecule has 2 aromatic carbocycles. The Hall–Kier alpha value is -3.02. The molecule has 1 aliphatic rings. The second kappa shape index (κ2) is 6.12. The fourth-order valence-electron chi connectivity index (χ4n) is 3.25. The number of carbonyl (C=O) groups excluding carboxylic acids is 1. The first kappa shape index (κ1) is 15.5. The van der Waals surface area contributed by atoms with Crippen molar-refractivity contribution >= 4 is 22.7 Å². The van der Waals surface area contributed by atoms with Crippen LogP contribution < -0.4 is 10.7 Å². The average molecular weight is 337 g/mol. The van der Waals surface area contributed by atoms with Crippen LogP contribution in [0.2, 0.25) is 0 Å². The van der Waals surface area contributed by atoms with E-state index in [-0.39, 0.29) is 5.91 Å². The number of benzene rings is 2. The summed E-state index contributed by atoms with van der Waals surface area (Å²) in [6, 6.07) is 15.4. The van der Waals surface area contributed by atoms with Crippen molar-refractivity contribution in [1.82, 2.24) is 9.47 Å². The number of aryl methyl sites for hydroxylation is 1. The number of hydrogen-bond donors (Lipinski definition) is 0. The maximum Gasteiger partial charge on any atom is 0.419 e. The SMILES string of the molecule is Cn1c(=O)oc2ccc(C(=O)N3CCN(c4ccccc4)CC3)cc21. The Bertz CT molecular complexity index is 966. The average Bonchev–Trinajstić information content (AvgIpc) is 2.95. The highest BCUT2D eigenvalue weighted by Gasteiger charge is 2.23. The number of oxazole rings is 1. The minimum Gasteiger partial charge on any atom is -0.408 e. The van der Waals surface area contributed by atoms with Crippen LogP contribution in [0.4, 0.5) is 5.69 Å². The molecule has 1 amide bonds. The number of carbonyl (C=O) groups is 1. The number of anilines is 1. The van der Waals surface area contributed by atoms with Crippen molar-refractivity contribution in [2.45, 2.75) is 0 Å². The molecule has 0 unspecified atom stereocenters. The summed E-state index contributed by atoms with van der Waals surface area (Å²) >= 11 is 0. The molecule has 128 valence electrons. The lowest BCUT2D eigenvalue weighted by Crippen LogP contribution is -2.48. The molecule has 1 saturated heterocycles. The van der Waals surface area contributed by atoms with Crippen molar-refractivity contribution in [3.8, 4) is 0 Å². The van der Waals surface area contributed by atoms with Gasteiger partial charge in [-0.15, -0.1) is 0 Å². The Morgan fingerprint density at radius 1 is 1.00 bits per heavy atom. The lowest BCUT2D eigenvalue weighted by molar-refractivity contribution is 0.0747. The first-order chi connectivity index (χ1) is 12.1. The molecule has 2 heterocycles. The van der Waals surface area contributed by atoms with Crippen LogP contribution in [0.5, 0.6) is 0 Å². The summed E-state index contributed by atoms with van der Waals surface area (Å²) in [7, 11) is 1.64. The molecular weight excluding hydrogens is 318 g/mol. The molecule has 0 N–H and O–H groups in total. The lowest BCUT2D eigenvalue weighted by atomic mass is 10.1. The standard InChI is InChI=1S/C19H19N3O3/c1-20-16-13-14(7-8-17(16)25-19(20)24)18(23)22-11-9-21(10-12-22)15-5-3-2-4-6-15/h2-8,13H,9-12H2,1H3. The first-order valence-electron chi connectivity index (χ1n) is 8.32. The monoisotopic (exact) mass is 337 g/mol. The van der Waals surface area contributed by atoms with Crippen LogP contribution in [0.15, 0.2) is 57.7 Å². The van der Waals surface area contributed by atoms with Gasteiger partial charge < -0.3 is 14.2 Å². The highest BCUT2D eigenvalue weighted by molar-refractivity contribution is 5.97. The number of rotatable bonds is 2. The van der Waals surface area contributed by atoms with Gasteiger partial charge in [0.05, 0.1) is 5.52 Å². The molecular formula is C19H19N3O3. The zero-order chi connectivity index (χ0) is 17.4. The molecule has 6 nitrogen and oxygen atoms in total. The van der Waals surface area contributed by atoms with Crippen molar-refractivity contribution in [2.24, 2.45) is 7.05 Å². The number of fused-ring (bicyclic) bond motifs is 1. The van der Waals surface area contributed by atoms with E-state index in [1.54, 1.807) is 25.2 Å². The van der Waals surface area contributed by atoms with Crippen molar-refractivity contribution in [3.05, 3.63) is 64.6 Å². The molecule has 1 aromatic heterocycles. The summed E-state index contributed by atoms with van der Waals surface area (Å²) in [5.41, 5.74) is 2.90. The van der Waals surface area contributed by atoms with Crippen LogP contribution in [-0.2, 0) is 7.05 Å². The van der Waals surface area contributed by atoms with E-state index >= 15 is 0 Å². The van der Waals surface area contributed by atoms with Crippen LogP contribution in [0.25, 0.3) is 11.1 Å². The van der Waals surface area contributed by atoms with E-state index in [0.717, 1.165) is 13.1 Å². The predicted molar refractivity (Wildman–Crippen MR) is 96.0 cm³/mol. The second-order valence-corrected chi connectivity index (χ2v) is 6.22. The van der Waals surface area contributed by atoms with Crippen LogP contribution in [0.1, 0.15) is 10.4 Å². The summed E-state index contributed by atoms with van der Waals surface area (Å²) in [5.74, 6) is -0.431. The third-order valence-corrected chi connectivity index (χ3v) is 4.73. The van der Waals surface area contributed by atoms with Crippen LogP contribution >= 0.6 is 0 Å². The second-order valence-electron chi connectivity index (χ2n) is 6.22. The quantitative estimate of drug-likeness (QED) is 0.718. The number of para-hydroxylation sites is 1. The Morgan fingerprint density at radius 2 is 1.72 bits per heavy atom. The van der Waals surface area contributed by atoms with Crippen LogP contribution in [-0.4, -0.2) is 41.6 Å². The molecule has 3 aromatic rings. The Morgan fingerprint density at radius 3 is 2.44 bits per heavy atom. The van der Waals surface area contributed by atoms with Gasteiger partial charge in [0, 0.05) is 44.5 Å². The van der Waals surface area contributed by atoms with Gasteiger partial charge in [0.25, 0.3) is 5.91 Å². The Kier molecular flexibility index (Phi) is 3.80. The van der Waals surface area contributed by atoms with Crippen molar-refractivity contribution in [1.29, 1.82) is 0 Å². The van der Waals surface area contributed by atoms with E-state index in [4.69, 9.17) is 4.42 Å². The highest BCUT2D eigenvalue weighted by Crippen LogP contribution is 2.19. The van der Waals surface area contributed by atoms with Crippen molar-refractivity contribution in [2.75, 3.05) is 31.1 Å². The summed E-state index contributed by atoms with van der Waals surface area (Å²) < 4.78 is 6.53. The number of nitrogens with zero attached hydrogens (tertiary/aromatic N) is 3. The van der Waals surface area contributed by atoms with Gasteiger partial charge in [-0.1, -0.05) is 18.2 Å². The van der Waals surface area contributed by atoms with Gasteiger partial charge in [-0.3, -0.25) is 9.36 Å². The van der Waals surface area contributed by atoms with Gasteiger partial charge in [-0.05, 0) is 30.3 Å². The molecule has 0 radical (unpaired) electrons.